The molecule has 0 aliphatic heterocycles. The average Bonchev–Trinajstić information content (AvgIpc) is 2.21. The average molecular weight is 232 g/mol. The Kier molecular flexibility index (Phi) is 10.2. The number of hydrogen-bond donors (Lipinski definition) is 1. The first kappa shape index (κ1) is 14.8. The molecule has 0 spiro atoms. The van der Waals surface area contributed by atoms with Gasteiger partial charge in [0, 0.05) is 20.5 Å². The number of carbonyl (C=O) groups excluding carboxylic acids is 1. The summed E-state index contributed by atoms with van der Waals surface area (Å²) in [4.78, 5) is 12.9. The van der Waals surface area contributed by atoms with Crippen LogP contribution < -0.4 is 5.32 Å². The van der Waals surface area contributed by atoms with Crippen LogP contribution in [-0.2, 0) is 4.79 Å². The van der Waals surface area contributed by atoms with E-state index in [4.69, 9.17) is 0 Å². The van der Waals surface area contributed by atoms with Gasteiger partial charge in [0.1, 0.15) is 0 Å². The molecule has 0 aromatic carbocycles. The van der Waals surface area contributed by atoms with Crippen molar-refractivity contribution in [1.82, 2.24) is 10.2 Å². The fraction of sp³-hybridized carbons (Fsp3) is 0.909. The first-order valence-electron chi connectivity index (χ1n) is 5.58. The van der Waals surface area contributed by atoms with Gasteiger partial charge in [-0.2, -0.15) is 11.8 Å². The van der Waals surface area contributed by atoms with Gasteiger partial charge >= 0.3 is 0 Å². The summed E-state index contributed by atoms with van der Waals surface area (Å²) in [5.41, 5.74) is 0. The van der Waals surface area contributed by atoms with Crippen LogP contribution in [0.1, 0.15) is 25.7 Å². The monoisotopic (exact) mass is 232 g/mol. The van der Waals surface area contributed by atoms with Gasteiger partial charge in [0.05, 0.1) is 0 Å². The largest absolute Gasteiger partial charge is 0.349 e. The minimum Gasteiger partial charge on any atom is -0.349 e. The maximum absolute atomic E-state index is 11.2. The highest BCUT2D eigenvalue weighted by Crippen LogP contribution is 1.98. The van der Waals surface area contributed by atoms with Gasteiger partial charge in [0.2, 0.25) is 5.91 Å². The van der Waals surface area contributed by atoms with Crippen LogP contribution >= 0.6 is 11.8 Å². The maximum atomic E-state index is 11.2. The summed E-state index contributed by atoms with van der Waals surface area (Å²) in [6.07, 6.45) is 6.26. The Balaban J connectivity index is 3.08. The minimum atomic E-state index is 0.221. The van der Waals surface area contributed by atoms with Crippen molar-refractivity contribution in [2.24, 2.45) is 0 Å². The molecule has 0 heterocycles. The summed E-state index contributed by atoms with van der Waals surface area (Å²) >= 11 is 1.90. The van der Waals surface area contributed by atoms with Crippen LogP contribution in [0.15, 0.2) is 0 Å². The fourth-order valence-corrected chi connectivity index (χ4v) is 1.70. The van der Waals surface area contributed by atoms with Crippen LogP contribution in [0.4, 0.5) is 0 Å². The van der Waals surface area contributed by atoms with Crippen LogP contribution in [0.25, 0.3) is 0 Å². The Hall–Kier alpha value is -0.220. The Morgan fingerprint density at radius 1 is 1.20 bits per heavy atom. The molecule has 0 saturated heterocycles. The van der Waals surface area contributed by atoms with Crippen molar-refractivity contribution in [2.75, 3.05) is 39.2 Å². The summed E-state index contributed by atoms with van der Waals surface area (Å²) in [5, 5.41) is 3.36. The van der Waals surface area contributed by atoms with Crippen LogP contribution in [0.3, 0.4) is 0 Å². The molecule has 0 radical (unpaired) electrons. The lowest BCUT2D eigenvalue weighted by Crippen LogP contribution is -2.23. The number of nitrogens with one attached hydrogen (secondary N) is 1. The number of unbranched alkanes of at least 4 members (excludes halogenated alkanes) is 1. The zero-order valence-electron chi connectivity index (χ0n) is 10.2. The third kappa shape index (κ3) is 10.1. The van der Waals surface area contributed by atoms with E-state index in [1.54, 1.807) is 19.0 Å². The van der Waals surface area contributed by atoms with Crippen molar-refractivity contribution in [3.63, 3.8) is 0 Å². The highest BCUT2D eigenvalue weighted by Gasteiger charge is 2.01. The van der Waals surface area contributed by atoms with Crippen LogP contribution in [0.2, 0.25) is 0 Å². The van der Waals surface area contributed by atoms with Crippen molar-refractivity contribution >= 4 is 17.7 Å². The Morgan fingerprint density at radius 3 is 2.47 bits per heavy atom. The number of carbonyl (C=O) groups is 1. The van der Waals surface area contributed by atoms with Gasteiger partial charge in [-0.15, -0.1) is 0 Å². The lowest BCUT2D eigenvalue weighted by molar-refractivity contribution is -0.128. The first-order chi connectivity index (χ1) is 7.18. The lowest BCUT2D eigenvalue weighted by Gasteiger charge is -2.09. The maximum Gasteiger partial charge on any atom is 0.222 e. The van der Waals surface area contributed by atoms with E-state index in [0.717, 1.165) is 19.5 Å². The van der Waals surface area contributed by atoms with Crippen molar-refractivity contribution in [3.8, 4) is 0 Å². The van der Waals surface area contributed by atoms with Gasteiger partial charge in [-0.05, 0) is 44.4 Å². The van der Waals surface area contributed by atoms with Crippen LogP contribution in [-0.4, -0.2) is 50.0 Å². The molecule has 90 valence electrons. The Morgan fingerprint density at radius 2 is 1.87 bits per heavy atom. The number of rotatable bonds is 9. The molecule has 0 aromatic heterocycles. The molecule has 0 bridgehead atoms. The molecular weight excluding hydrogens is 208 g/mol. The second-order valence-electron chi connectivity index (χ2n) is 3.84. The molecule has 15 heavy (non-hydrogen) atoms. The molecular formula is C11H24N2OS. The predicted molar refractivity (Wildman–Crippen MR) is 68.4 cm³/mol. The molecule has 1 amide bonds. The van der Waals surface area contributed by atoms with E-state index in [0.29, 0.717) is 6.42 Å². The van der Waals surface area contributed by atoms with E-state index >= 15 is 0 Å². The smallest absolute Gasteiger partial charge is 0.222 e. The van der Waals surface area contributed by atoms with Crippen molar-refractivity contribution < 1.29 is 4.79 Å². The molecule has 0 saturated carbocycles. The molecule has 3 nitrogen and oxygen atoms in total. The third-order valence-corrected chi connectivity index (χ3v) is 2.89. The SMILES string of the molecule is CSCCCCNCCCC(=O)N(C)C. The molecule has 0 fully saturated rings. The molecule has 0 aliphatic rings. The second kappa shape index (κ2) is 10.3. The zero-order chi connectivity index (χ0) is 11.5. The minimum absolute atomic E-state index is 0.221. The topological polar surface area (TPSA) is 32.3 Å². The highest BCUT2D eigenvalue weighted by atomic mass is 32.2. The summed E-state index contributed by atoms with van der Waals surface area (Å²) in [6, 6.07) is 0. The summed E-state index contributed by atoms with van der Waals surface area (Å²) < 4.78 is 0. The summed E-state index contributed by atoms with van der Waals surface area (Å²) in [5.74, 6) is 1.47. The Labute approximate surface area is 98.0 Å². The van der Waals surface area contributed by atoms with Gasteiger partial charge in [-0.25, -0.2) is 0 Å². The van der Waals surface area contributed by atoms with Crippen LogP contribution in [0.5, 0.6) is 0 Å². The van der Waals surface area contributed by atoms with Gasteiger partial charge in [-0.3, -0.25) is 4.79 Å². The van der Waals surface area contributed by atoms with Gasteiger partial charge in [-0.1, -0.05) is 0 Å². The quantitative estimate of drug-likeness (QED) is 0.613. The van der Waals surface area contributed by atoms with E-state index in [1.165, 1.54) is 18.6 Å². The van der Waals surface area contributed by atoms with Gasteiger partial charge in [0.25, 0.3) is 0 Å². The molecule has 1 N–H and O–H groups in total. The number of hydrogen-bond acceptors (Lipinski definition) is 3. The molecule has 0 aromatic rings. The second-order valence-corrected chi connectivity index (χ2v) is 4.83. The normalized spacial score (nSPS) is 10.3. The zero-order valence-corrected chi connectivity index (χ0v) is 11.0. The van der Waals surface area contributed by atoms with E-state index in [2.05, 4.69) is 11.6 Å². The number of nitrogens with zero attached hydrogens (tertiary/aromatic N) is 1. The number of thioether (sulfide) groups is 1. The number of amides is 1. The van der Waals surface area contributed by atoms with E-state index < -0.39 is 0 Å². The predicted octanol–water partition coefficient (Wildman–Crippen LogP) is 1.59. The fourth-order valence-electron chi connectivity index (χ4n) is 1.21. The summed E-state index contributed by atoms with van der Waals surface area (Å²) in [6.45, 7) is 2.04. The highest BCUT2D eigenvalue weighted by molar-refractivity contribution is 7.98. The van der Waals surface area contributed by atoms with Crippen molar-refractivity contribution in [1.29, 1.82) is 0 Å². The molecule has 0 aliphatic carbocycles. The van der Waals surface area contributed by atoms with Gasteiger partial charge < -0.3 is 10.2 Å². The third-order valence-electron chi connectivity index (χ3n) is 2.20. The molecule has 0 atom stereocenters. The lowest BCUT2D eigenvalue weighted by atomic mass is 10.2. The van der Waals surface area contributed by atoms with E-state index in [9.17, 15) is 4.79 Å². The summed E-state index contributed by atoms with van der Waals surface area (Å²) in [7, 11) is 3.61. The van der Waals surface area contributed by atoms with Crippen molar-refractivity contribution in [2.45, 2.75) is 25.7 Å². The molecule has 0 unspecified atom stereocenters. The standard InChI is InChI=1S/C11H24N2OS/c1-13(2)11(14)7-6-9-12-8-4-5-10-15-3/h12H,4-10H2,1-3H3. The Bertz CT molecular complexity index is 163. The van der Waals surface area contributed by atoms with Crippen molar-refractivity contribution in [3.05, 3.63) is 0 Å². The van der Waals surface area contributed by atoms with E-state index in [1.807, 2.05) is 11.8 Å². The van der Waals surface area contributed by atoms with Gasteiger partial charge in [0.15, 0.2) is 0 Å². The van der Waals surface area contributed by atoms with Crippen LogP contribution in [0, 0.1) is 0 Å². The van der Waals surface area contributed by atoms with E-state index in [-0.39, 0.29) is 5.91 Å². The first-order valence-corrected chi connectivity index (χ1v) is 6.97. The molecule has 4 heteroatoms. The molecule has 0 rings (SSSR count).